The van der Waals surface area contributed by atoms with Crippen LogP contribution < -0.4 is 4.18 Å². The molecule has 0 saturated heterocycles. The summed E-state index contributed by atoms with van der Waals surface area (Å²) in [4.78, 5) is 10.6. The highest BCUT2D eigenvalue weighted by atomic mass is 32.2. The molecule has 5 nitrogen and oxygen atoms in total. The van der Waals surface area contributed by atoms with Crippen molar-refractivity contribution in [1.29, 1.82) is 0 Å². The largest absolute Gasteiger partial charge is 0.465 e. The first-order chi connectivity index (χ1) is 10.4. The summed E-state index contributed by atoms with van der Waals surface area (Å²) in [6, 6.07) is 8.01. The smallest absolute Gasteiger partial charge is 0.342 e. The number of methoxy groups -OCH3 is 1. The number of carbonyl (C=O) groups is 1. The summed E-state index contributed by atoms with van der Waals surface area (Å²) in [6.45, 7) is 0. The van der Waals surface area contributed by atoms with Gasteiger partial charge in [-0.3, -0.25) is 0 Å². The van der Waals surface area contributed by atoms with Crippen molar-refractivity contribution in [2.45, 2.75) is 4.90 Å². The maximum absolute atomic E-state index is 13.6. The Morgan fingerprint density at radius 3 is 2.41 bits per heavy atom. The van der Waals surface area contributed by atoms with Gasteiger partial charge in [0.15, 0.2) is 17.4 Å². The van der Waals surface area contributed by atoms with Gasteiger partial charge in [-0.1, -0.05) is 18.2 Å². The average Bonchev–Trinajstić information content (AvgIpc) is 2.49. The van der Waals surface area contributed by atoms with Gasteiger partial charge in [-0.25, -0.2) is 13.6 Å². The van der Waals surface area contributed by atoms with Gasteiger partial charge in [0.1, 0.15) is 10.5 Å². The summed E-state index contributed by atoms with van der Waals surface area (Å²) in [7, 11) is -3.54. The number of hydrogen-bond donors (Lipinski definition) is 0. The lowest BCUT2D eigenvalue weighted by atomic mass is 10.2. The zero-order valence-electron chi connectivity index (χ0n) is 11.2. The van der Waals surface area contributed by atoms with Crippen LogP contribution in [0.1, 0.15) is 10.4 Å². The Morgan fingerprint density at radius 1 is 1.05 bits per heavy atom. The quantitative estimate of drug-likeness (QED) is 0.637. The molecule has 0 radical (unpaired) electrons. The summed E-state index contributed by atoms with van der Waals surface area (Å²) in [5.41, 5.74) is -0.162. The van der Waals surface area contributed by atoms with Crippen molar-refractivity contribution in [3.8, 4) is 5.75 Å². The van der Waals surface area contributed by atoms with Gasteiger partial charge in [-0.05, 0) is 24.3 Å². The first-order valence-corrected chi connectivity index (χ1v) is 7.33. The molecule has 0 aromatic heterocycles. The van der Waals surface area contributed by atoms with Crippen LogP contribution in [0.15, 0.2) is 47.4 Å². The predicted molar refractivity (Wildman–Crippen MR) is 72.0 cm³/mol. The highest BCUT2D eigenvalue weighted by Gasteiger charge is 2.25. The minimum atomic E-state index is -4.65. The standard InChI is InChI=1S/C14H10F2O5S/c1-20-14(17)9-5-2-3-7-11(9)21-22(18,19)12-8-4-6-10(15)13(12)16/h2-8H,1H3. The maximum atomic E-state index is 13.6. The van der Waals surface area contributed by atoms with E-state index < -0.39 is 32.6 Å². The van der Waals surface area contributed by atoms with Crippen molar-refractivity contribution in [2.75, 3.05) is 7.11 Å². The molecule has 8 heteroatoms. The van der Waals surface area contributed by atoms with Gasteiger partial charge < -0.3 is 8.92 Å². The average molecular weight is 328 g/mol. The summed E-state index contributed by atoms with van der Waals surface area (Å²) < 4.78 is 60.1. The number of hydrogen-bond acceptors (Lipinski definition) is 5. The molecule has 0 saturated carbocycles. The Morgan fingerprint density at radius 2 is 1.73 bits per heavy atom. The minimum Gasteiger partial charge on any atom is -0.465 e. The highest BCUT2D eigenvalue weighted by molar-refractivity contribution is 7.87. The fourth-order valence-electron chi connectivity index (χ4n) is 1.66. The SMILES string of the molecule is COC(=O)c1ccccc1OS(=O)(=O)c1cccc(F)c1F. The van der Waals surface area contributed by atoms with Crippen molar-refractivity contribution < 1.29 is 30.9 Å². The second kappa shape index (κ2) is 6.10. The van der Waals surface area contributed by atoms with Crippen molar-refractivity contribution in [3.63, 3.8) is 0 Å². The fourth-order valence-corrected chi connectivity index (χ4v) is 2.69. The van der Waals surface area contributed by atoms with Crippen LogP contribution in [0.3, 0.4) is 0 Å². The summed E-state index contributed by atoms with van der Waals surface area (Å²) in [6.07, 6.45) is 0. The van der Waals surface area contributed by atoms with Crippen molar-refractivity contribution in [3.05, 3.63) is 59.7 Å². The summed E-state index contributed by atoms with van der Waals surface area (Å²) in [5, 5.41) is 0. The molecule has 22 heavy (non-hydrogen) atoms. The van der Waals surface area contributed by atoms with Gasteiger partial charge in [0.05, 0.1) is 7.11 Å². The Labute approximate surface area is 125 Å². The van der Waals surface area contributed by atoms with Crippen LogP contribution in [0.25, 0.3) is 0 Å². The van der Waals surface area contributed by atoms with E-state index in [0.717, 1.165) is 25.3 Å². The van der Waals surface area contributed by atoms with Crippen molar-refractivity contribution >= 4 is 16.1 Å². The normalized spacial score (nSPS) is 11.0. The number of ether oxygens (including phenoxy) is 1. The number of halogens is 2. The zero-order valence-corrected chi connectivity index (χ0v) is 12.1. The molecule has 0 aliphatic heterocycles. The molecule has 0 aliphatic carbocycles. The van der Waals surface area contributed by atoms with Gasteiger partial charge in [-0.2, -0.15) is 8.42 Å². The van der Waals surface area contributed by atoms with Crippen molar-refractivity contribution in [1.82, 2.24) is 0 Å². The van der Waals surface area contributed by atoms with Crippen LogP contribution >= 0.6 is 0 Å². The first kappa shape index (κ1) is 15.9. The molecule has 0 bridgehead atoms. The van der Waals surface area contributed by atoms with Gasteiger partial charge in [0.2, 0.25) is 0 Å². The minimum absolute atomic E-state index is 0.162. The topological polar surface area (TPSA) is 69.7 Å². The molecule has 0 aliphatic rings. The monoisotopic (exact) mass is 328 g/mol. The Balaban J connectivity index is 2.46. The molecule has 0 spiro atoms. The predicted octanol–water partition coefficient (Wildman–Crippen LogP) is 2.52. The molecule has 116 valence electrons. The van der Waals surface area contributed by atoms with E-state index in [2.05, 4.69) is 4.74 Å². The first-order valence-electron chi connectivity index (χ1n) is 5.92. The lowest BCUT2D eigenvalue weighted by molar-refractivity contribution is 0.0599. The number of carbonyl (C=O) groups excluding carboxylic acids is 1. The van der Waals surface area contributed by atoms with E-state index in [9.17, 15) is 22.0 Å². The van der Waals surface area contributed by atoms with Crippen LogP contribution in [0.4, 0.5) is 8.78 Å². The number of rotatable bonds is 4. The van der Waals surface area contributed by atoms with Gasteiger partial charge in [-0.15, -0.1) is 0 Å². The summed E-state index contributed by atoms with van der Waals surface area (Å²) >= 11 is 0. The van der Waals surface area contributed by atoms with E-state index in [4.69, 9.17) is 4.18 Å². The Bertz CT molecular complexity index is 818. The fraction of sp³-hybridized carbons (Fsp3) is 0.0714. The highest BCUT2D eigenvalue weighted by Crippen LogP contribution is 2.25. The third kappa shape index (κ3) is 3.06. The van der Waals surface area contributed by atoms with E-state index in [1.165, 1.54) is 24.3 Å². The van der Waals surface area contributed by atoms with Crippen molar-refractivity contribution in [2.24, 2.45) is 0 Å². The number of para-hydroxylation sites is 1. The third-order valence-corrected chi connectivity index (χ3v) is 3.93. The van der Waals surface area contributed by atoms with Gasteiger partial charge in [0.25, 0.3) is 0 Å². The van der Waals surface area contributed by atoms with E-state index in [1.807, 2.05) is 0 Å². The number of benzene rings is 2. The second-order valence-electron chi connectivity index (χ2n) is 4.08. The Hall–Kier alpha value is -2.48. The van der Waals surface area contributed by atoms with E-state index in [-0.39, 0.29) is 11.3 Å². The molecule has 0 amide bonds. The molecule has 0 N–H and O–H groups in total. The van der Waals surface area contributed by atoms with E-state index >= 15 is 0 Å². The molecular weight excluding hydrogens is 318 g/mol. The molecular formula is C14H10F2O5S. The van der Waals surface area contributed by atoms with Crippen LogP contribution in [0.5, 0.6) is 5.75 Å². The maximum Gasteiger partial charge on any atom is 0.342 e. The molecule has 0 atom stereocenters. The number of esters is 1. The van der Waals surface area contributed by atoms with Gasteiger partial charge in [0, 0.05) is 0 Å². The van der Waals surface area contributed by atoms with Crippen LogP contribution in [-0.4, -0.2) is 21.5 Å². The lowest BCUT2D eigenvalue weighted by Gasteiger charge is -2.10. The third-order valence-electron chi connectivity index (χ3n) is 2.68. The van der Waals surface area contributed by atoms with E-state index in [1.54, 1.807) is 0 Å². The molecule has 0 unspecified atom stereocenters. The molecule has 0 fully saturated rings. The lowest BCUT2D eigenvalue weighted by Crippen LogP contribution is -2.15. The molecule has 2 aromatic carbocycles. The molecule has 0 heterocycles. The Kier molecular flexibility index (Phi) is 4.41. The molecule has 2 rings (SSSR count). The van der Waals surface area contributed by atoms with E-state index in [0.29, 0.717) is 0 Å². The molecule has 2 aromatic rings. The summed E-state index contributed by atoms with van der Waals surface area (Å²) in [5.74, 6) is -4.06. The van der Waals surface area contributed by atoms with Crippen LogP contribution in [-0.2, 0) is 14.9 Å². The van der Waals surface area contributed by atoms with Crippen LogP contribution in [0.2, 0.25) is 0 Å². The zero-order chi connectivity index (χ0) is 16.3. The van der Waals surface area contributed by atoms with Crippen LogP contribution in [0, 0.1) is 11.6 Å². The second-order valence-corrected chi connectivity index (χ2v) is 5.59. The van der Waals surface area contributed by atoms with Gasteiger partial charge >= 0.3 is 16.1 Å².